The third kappa shape index (κ3) is 9.69. The molecule has 0 radical (unpaired) electrons. The summed E-state index contributed by atoms with van der Waals surface area (Å²) in [5, 5.41) is 0. The number of hydrogen-bond donors (Lipinski definition) is 0. The highest BCUT2D eigenvalue weighted by Gasteiger charge is 2.30. The van der Waals surface area contributed by atoms with E-state index < -0.39 is 10.8 Å². The van der Waals surface area contributed by atoms with Crippen molar-refractivity contribution in [3.63, 3.8) is 0 Å². The third-order valence-electron chi connectivity index (χ3n) is 6.53. The minimum absolute atomic E-state index is 0.254. The lowest BCUT2D eigenvalue weighted by Crippen LogP contribution is -2.26. The summed E-state index contributed by atoms with van der Waals surface area (Å²) < 4.78 is 23.8. The van der Waals surface area contributed by atoms with Crippen molar-refractivity contribution in [2.45, 2.75) is 81.6 Å². The summed E-state index contributed by atoms with van der Waals surface area (Å²) in [5.74, 6) is 0.745. The van der Waals surface area contributed by atoms with Gasteiger partial charge in [0.15, 0.2) is 5.78 Å². The van der Waals surface area contributed by atoms with Crippen LogP contribution in [0.4, 0.5) is 0 Å². The molecule has 0 fully saturated rings. The van der Waals surface area contributed by atoms with Crippen LogP contribution in [-0.2, 0) is 22.4 Å². The zero-order valence-electron chi connectivity index (χ0n) is 28.0. The molecule has 7 nitrogen and oxygen atoms in total. The van der Waals surface area contributed by atoms with Gasteiger partial charge in [-0.2, -0.15) is 0 Å². The van der Waals surface area contributed by atoms with Gasteiger partial charge in [-0.25, -0.2) is 0 Å². The van der Waals surface area contributed by atoms with Crippen molar-refractivity contribution in [1.82, 2.24) is 0 Å². The minimum atomic E-state index is -0.737. The maximum atomic E-state index is 13.3. The van der Waals surface area contributed by atoms with Crippen LogP contribution in [0.2, 0.25) is 0 Å². The van der Waals surface area contributed by atoms with Gasteiger partial charge in [0, 0.05) is 16.7 Å². The van der Waals surface area contributed by atoms with Crippen LogP contribution in [0.1, 0.15) is 95.8 Å². The largest absolute Gasteiger partial charge is 0.496 e. The molecule has 0 aliphatic rings. The van der Waals surface area contributed by atoms with E-state index in [0.29, 0.717) is 64.7 Å². The van der Waals surface area contributed by atoms with E-state index in [2.05, 4.69) is 0 Å². The fourth-order valence-electron chi connectivity index (χ4n) is 3.98. The zero-order chi connectivity index (χ0) is 33.1. The normalized spacial score (nSPS) is 12.2. The summed E-state index contributed by atoms with van der Waals surface area (Å²) >= 11 is 0. The Morgan fingerprint density at radius 3 is 1.75 bits per heavy atom. The van der Waals surface area contributed by atoms with Gasteiger partial charge in [0.2, 0.25) is 0 Å². The molecule has 7 heteroatoms. The molecule has 0 unspecified atom stereocenters. The smallest absolute Gasteiger partial charge is 0.316 e. The Labute approximate surface area is 262 Å². The Morgan fingerprint density at radius 1 is 0.750 bits per heavy atom. The number of carbonyl (C=O) groups excluding carboxylic acids is 3. The van der Waals surface area contributed by atoms with Crippen molar-refractivity contribution in [2.24, 2.45) is 10.8 Å². The van der Waals surface area contributed by atoms with Crippen LogP contribution in [0.15, 0.2) is 54.6 Å². The highest BCUT2D eigenvalue weighted by Crippen LogP contribution is 2.46. The Bertz CT molecular complexity index is 1400. The standard InChI is InChI=1S/C37H48O7/c1-11-14-16-27-31(41-10)29(22-23-30(38)25-18-20-26(21-19-25)43-34(39)36(4,5)6)32(42-24-13-3)28(17-15-12-2)33(27)44-35(40)37(7,8)9/h11-12,14-15,18-23H,13,16-17,24H2,1-10H3. The maximum Gasteiger partial charge on any atom is 0.316 e. The molecule has 0 saturated carbocycles. The average Bonchev–Trinajstić information content (AvgIpc) is 2.96. The number of carbonyl (C=O) groups is 3. The van der Waals surface area contributed by atoms with Gasteiger partial charge >= 0.3 is 11.9 Å². The van der Waals surface area contributed by atoms with E-state index in [-0.39, 0.29) is 17.7 Å². The summed E-state index contributed by atoms with van der Waals surface area (Å²) in [6.07, 6.45) is 12.6. The summed E-state index contributed by atoms with van der Waals surface area (Å²) in [6, 6.07) is 6.44. The zero-order valence-corrected chi connectivity index (χ0v) is 28.0. The molecule has 0 aliphatic heterocycles. The average molecular weight is 605 g/mol. The molecule has 0 saturated heterocycles. The Morgan fingerprint density at radius 2 is 1.27 bits per heavy atom. The molecule has 2 rings (SSSR count). The van der Waals surface area contributed by atoms with Crippen molar-refractivity contribution >= 4 is 23.8 Å². The lowest BCUT2D eigenvalue weighted by Gasteiger charge is -2.25. The molecular weight excluding hydrogens is 556 g/mol. The second kappa shape index (κ2) is 16.1. The molecule has 0 amide bonds. The molecule has 0 N–H and O–H groups in total. The number of allylic oxidation sites excluding steroid dienone is 5. The Hall–Kier alpha value is -4.13. The highest BCUT2D eigenvalue weighted by atomic mass is 16.5. The number of esters is 2. The SMILES string of the molecule is CC=CCc1c(OC)c(C=CC(=O)c2ccc(OC(=O)C(C)(C)C)cc2)c(OCCC)c(CC=CC)c1OC(=O)C(C)(C)C. The summed E-state index contributed by atoms with van der Waals surface area (Å²) in [4.78, 5) is 38.7. The predicted octanol–water partition coefficient (Wildman–Crippen LogP) is 8.52. The van der Waals surface area contributed by atoms with Crippen LogP contribution in [-0.4, -0.2) is 31.4 Å². The first-order valence-electron chi connectivity index (χ1n) is 15.1. The molecule has 238 valence electrons. The van der Waals surface area contributed by atoms with Crippen LogP contribution >= 0.6 is 0 Å². The van der Waals surface area contributed by atoms with Gasteiger partial charge < -0.3 is 18.9 Å². The molecule has 0 bridgehead atoms. The molecule has 44 heavy (non-hydrogen) atoms. The van der Waals surface area contributed by atoms with Crippen LogP contribution in [0, 0.1) is 10.8 Å². The molecule has 0 heterocycles. The topological polar surface area (TPSA) is 88.1 Å². The van der Waals surface area contributed by atoms with Gasteiger partial charge in [0.05, 0.1) is 30.1 Å². The highest BCUT2D eigenvalue weighted by molar-refractivity contribution is 6.07. The third-order valence-corrected chi connectivity index (χ3v) is 6.53. The Kier molecular flexibility index (Phi) is 13.2. The molecular formula is C37H48O7. The summed E-state index contributed by atoms with van der Waals surface area (Å²) in [6.45, 7) is 17.0. The first-order chi connectivity index (χ1) is 20.7. The lowest BCUT2D eigenvalue weighted by molar-refractivity contribution is -0.143. The molecule has 2 aromatic rings. The van der Waals surface area contributed by atoms with E-state index in [9.17, 15) is 14.4 Å². The number of rotatable bonds is 13. The van der Waals surface area contributed by atoms with Gasteiger partial charge in [-0.05, 0) is 111 Å². The number of hydrogen-bond acceptors (Lipinski definition) is 7. The van der Waals surface area contributed by atoms with E-state index in [1.165, 1.54) is 6.08 Å². The number of ether oxygens (including phenoxy) is 4. The van der Waals surface area contributed by atoms with E-state index in [1.54, 1.807) is 58.2 Å². The Balaban J connectivity index is 2.72. The van der Waals surface area contributed by atoms with Crippen LogP contribution in [0.5, 0.6) is 23.0 Å². The fourth-order valence-corrected chi connectivity index (χ4v) is 3.98. The van der Waals surface area contributed by atoms with Crippen LogP contribution in [0.25, 0.3) is 6.08 Å². The van der Waals surface area contributed by atoms with Crippen LogP contribution in [0.3, 0.4) is 0 Å². The van der Waals surface area contributed by atoms with Gasteiger partial charge in [-0.3, -0.25) is 14.4 Å². The van der Waals surface area contributed by atoms with Crippen molar-refractivity contribution in [1.29, 1.82) is 0 Å². The van der Waals surface area contributed by atoms with E-state index in [0.717, 1.165) is 6.42 Å². The van der Waals surface area contributed by atoms with Crippen molar-refractivity contribution < 1.29 is 33.3 Å². The molecule has 0 spiro atoms. The minimum Gasteiger partial charge on any atom is -0.496 e. The van der Waals surface area contributed by atoms with Gasteiger partial charge in [-0.1, -0.05) is 31.2 Å². The molecule has 0 atom stereocenters. The van der Waals surface area contributed by atoms with Gasteiger partial charge in [0.1, 0.15) is 23.0 Å². The lowest BCUT2D eigenvalue weighted by atomic mass is 9.94. The van der Waals surface area contributed by atoms with E-state index >= 15 is 0 Å². The number of ketones is 1. The van der Waals surface area contributed by atoms with Gasteiger partial charge in [0.25, 0.3) is 0 Å². The second-order valence-corrected chi connectivity index (χ2v) is 12.5. The molecule has 2 aromatic carbocycles. The number of benzene rings is 2. The second-order valence-electron chi connectivity index (χ2n) is 12.5. The first kappa shape index (κ1) is 36.1. The first-order valence-corrected chi connectivity index (χ1v) is 15.1. The van der Waals surface area contributed by atoms with E-state index in [4.69, 9.17) is 18.9 Å². The predicted molar refractivity (Wildman–Crippen MR) is 176 cm³/mol. The van der Waals surface area contributed by atoms with Crippen LogP contribution < -0.4 is 18.9 Å². The monoisotopic (exact) mass is 604 g/mol. The summed E-state index contributed by atoms with van der Waals surface area (Å²) in [7, 11) is 1.55. The quantitative estimate of drug-likeness (QED) is 0.0744. The van der Waals surface area contributed by atoms with Crippen molar-refractivity contribution in [3.05, 3.63) is 76.9 Å². The number of methoxy groups -OCH3 is 1. The maximum absolute atomic E-state index is 13.3. The summed E-state index contributed by atoms with van der Waals surface area (Å²) in [5.41, 5.74) is 1.01. The molecule has 0 aliphatic carbocycles. The van der Waals surface area contributed by atoms with Crippen molar-refractivity contribution in [3.8, 4) is 23.0 Å². The van der Waals surface area contributed by atoms with E-state index in [1.807, 2.05) is 65.8 Å². The fraction of sp³-hybridized carbons (Fsp3) is 0.432. The molecule has 0 aromatic heterocycles. The van der Waals surface area contributed by atoms with Gasteiger partial charge in [-0.15, -0.1) is 0 Å². The van der Waals surface area contributed by atoms with Crippen molar-refractivity contribution in [2.75, 3.05) is 13.7 Å².